The first-order chi connectivity index (χ1) is 17.4. The van der Waals surface area contributed by atoms with Crippen LogP contribution in [0, 0.1) is 17.2 Å². The number of amides is 2. The Kier molecular flexibility index (Phi) is 6.68. The zero-order chi connectivity index (χ0) is 26.5. The van der Waals surface area contributed by atoms with Crippen LogP contribution in [0.4, 0.5) is 9.39 Å². The van der Waals surface area contributed by atoms with E-state index in [4.69, 9.17) is 4.42 Å². The van der Waals surface area contributed by atoms with Gasteiger partial charge >= 0.3 is 0 Å². The van der Waals surface area contributed by atoms with Crippen LogP contribution >= 0.6 is 11.3 Å². The molecular weight excluding hydrogens is 515 g/mol. The Morgan fingerprint density at radius 1 is 1.22 bits per heavy atom. The SMILES string of the molecule is CC(C)(C)C1CCc2c(sc(NC(=O)Cc3coc4ccc(F)cc34)c2C(=O)NC2CCS(=O)(=O)C2)C1. The average Bonchev–Trinajstić information content (AvgIpc) is 3.47. The average molecular weight is 547 g/mol. The zero-order valence-electron chi connectivity index (χ0n) is 21.1. The second-order valence-electron chi connectivity index (χ2n) is 11.2. The highest BCUT2D eigenvalue weighted by molar-refractivity contribution is 7.91. The van der Waals surface area contributed by atoms with E-state index < -0.39 is 21.7 Å². The summed E-state index contributed by atoms with van der Waals surface area (Å²) in [6.07, 6.45) is 4.28. The summed E-state index contributed by atoms with van der Waals surface area (Å²) >= 11 is 1.42. The molecular formula is C27H31FN2O5S2. The summed E-state index contributed by atoms with van der Waals surface area (Å²) in [6.45, 7) is 6.64. The number of hydrogen-bond acceptors (Lipinski definition) is 6. The van der Waals surface area contributed by atoms with Crippen LogP contribution in [0.3, 0.4) is 0 Å². The molecule has 10 heteroatoms. The molecule has 37 heavy (non-hydrogen) atoms. The van der Waals surface area contributed by atoms with E-state index in [-0.39, 0.29) is 35.2 Å². The smallest absolute Gasteiger partial charge is 0.254 e. The number of fused-ring (bicyclic) bond motifs is 2. The van der Waals surface area contributed by atoms with Crippen molar-refractivity contribution in [1.82, 2.24) is 5.32 Å². The zero-order valence-corrected chi connectivity index (χ0v) is 22.8. The third-order valence-corrected chi connectivity index (χ3v) is 10.4. The van der Waals surface area contributed by atoms with Crippen molar-refractivity contribution in [2.75, 3.05) is 16.8 Å². The quantitative estimate of drug-likeness (QED) is 0.475. The van der Waals surface area contributed by atoms with E-state index >= 15 is 0 Å². The predicted molar refractivity (Wildman–Crippen MR) is 142 cm³/mol. The number of carbonyl (C=O) groups excluding carboxylic acids is 2. The standard InChI is InChI=1S/C27H31FN2O5S2/c1-27(2,3)16-4-6-19-22(11-16)36-26(24(19)25(32)29-18-8-9-37(33,34)14-18)30-23(31)10-15-13-35-21-7-5-17(28)12-20(15)21/h5,7,12-13,16,18H,4,6,8-11,14H2,1-3H3,(H,29,32)(H,30,31). The largest absolute Gasteiger partial charge is 0.464 e. The third-order valence-electron chi connectivity index (χ3n) is 7.50. The van der Waals surface area contributed by atoms with Gasteiger partial charge in [-0.2, -0.15) is 0 Å². The number of furan rings is 1. The van der Waals surface area contributed by atoms with Crippen molar-refractivity contribution < 1.29 is 26.8 Å². The van der Waals surface area contributed by atoms with Crippen LogP contribution in [0.25, 0.3) is 11.0 Å². The van der Waals surface area contributed by atoms with Crippen molar-refractivity contribution in [2.45, 2.75) is 58.9 Å². The molecule has 2 aromatic heterocycles. The van der Waals surface area contributed by atoms with Gasteiger partial charge in [0, 0.05) is 21.9 Å². The molecule has 0 spiro atoms. The lowest BCUT2D eigenvalue weighted by Gasteiger charge is -2.33. The number of halogens is 1. The minimum Gasteiger partial charge on any atom is -0.464 e. The van der Waals surface area contributed by atoms with E-state index in [0.717, 1.165) is 29.7 Å². The van der Waals surface area contributed by atoms with Gasteiger partial charge in [0.1, 0.15) is 16.4 Å². The van der Waals surface area contributed by atoms with Gasteiger partial charge in [-0.15, -0.1) is 11.3 Å². The van der Waals surface area contributed by atoms with Crippen molar-refractivity contribution >= 4 is 49.0 Å². The fourth-order valence-corrected chi connectivity index (χ4v) is 8.37. The minimum atomic E-state index is -3.15. The summed E-state index contributed by atoms with van der Waals surface area (Å²) in [7, 11) is -3.15. The Hall–Kier alpha value is -2.72. The van der Waals surface area contributed by atoms with Gasteiger partial charge in [-0.25, -0.2) is 12.8 Å². The molecule has 0 radical (unpaired) electrons. The minimum absolute atomic E-state index is 0.0361. The molecule has 3 heterocycles. The first kappa shape index (κ1) is 25.9. The number of nitrogens with one attached hydrogen (secondary N) is 2. The lowest BCUT2D eigenvalue weighted by molar-refractivity contribution is -0.115. The molecule has 7 nitrogen and oxygen atoms in total. The van der Waals surface area contributed by atoms with Gasteiger partial charge in [0.05, 0.1) is 29.8 Å². The van der Waals surface area contributed by atoms with Crippen LogP contribution in [0.15, 0.2) is 28.9 Å². The van der Waals surface area contributed by atoms with Crippen LogP contribution in [-0.2, 0) is 33.9 Å². The summed E-state index contributed by atoms with van der Waals surface area (Å²) in [5, 5.41) is 6.83. The normalized spacial score (nSPS) is 21.1. The molecule has 1 fully saturated rings. The van der Waals surface area contributed by atoms with Crippen molar-refractivity contribution in [3.05, 3.63) is 51.8 Å². The number of sulfone groups is 1. The van der Waals surface area contributed by atoms with E-state index in [1.807, 2.05) is 0 Å². The van der Waals surface area contributed by atoms with Gasteiger partial charge < -0.3 is 15.1 Å². The highest BCUT2D eigenvalue weighted by Crippen LogP contribution is 2.44. The Labute approximate surface area is 219 Å². The van der Waals surface area contributed by atoms with Crippen LogP contribution < -0.4 is 10.6 Å². The first-order valence-electron chi connectivity index (χ1n) is 12.5. The molecule has 3 aromatic rings. The van der Waals surface area contributed by atoms with Crippen LogP contribution in [0.1, 0.15) is 60.0 Å². The highest BCUT2D eigenvalue weighted by atomic mass is 32.2. The number of rotatable bonds is 5. The van der Waals surface area contributed by atoms with Crippen molar-refractivity contribution in [2.24, 2.45) is 11.3 Å². The van der Waals surface area contributed by atoms with Crippen molar-refractivity contribution in [1.29, 1.82) is 0 Å². The summed E-state index contributed by atoms with van der Waals surface area (Å²) in [6, 6.07) is 3.73. The lowest BCUT2D eigenvalue weighted by atomic mass is 9.72. The maximum absolute atomic E-state index is 13.8. The second kappa shape index (κ2) is 9.54. The Morgan fingerprint density at radius 3 is 2.70 bits per heavy atom. The van der Waals surface area contributed by atoms with Gasteiger partial charge in [0.25, 0.3) is 5.91 Å². The molecule has 0 bridgehead atoms. The molecule has 5 rings (SSSR count). The summed E-state index contributed by atoms with van der Waals surface area (Å²) < 4.78 is 43.0. The molecule has 2 unspecified atom stereocenters. The van der Waals surface area contributed by atoms with Crippen molar-refractivity contribution in [3.8, 4) is 0 Å². The summed E-state index contributed by atoms with van der Waals surface area (Å²) in [5.74, 6) is -0.651. The molecule has 1 aromatic carbocycles. The number of carbonyl (C=O) groups is 2. The molecule has 1 saturated heterocycles. The molecule has 0 saturated carbocycles. The van der Waals surface area contributed by atoms with Crippen molar-refractivity contribution in [3.63, 3.8) is 0 Å². The Morgan fingerprint density at radius 2 is 2.00 bits per heavy atom. The summed E-state index contributed by atoms with van der Waals surface area (Å²) in [5.41, 5.74) is 2.55. The predicted octanol–water partition coefficient (Wildman–Crippen LogP) is 4.88. The first-order valence-corrected chi connectivity index (χ1v) is 15.1. The Bertz CT molecular complexity index is 1480. The number of hydrogen-bond donors (Lipinski definition) is 2. The van der Waals surface area contributed by atoms with Gasteiger partial charge in [0.2, 0.25) is 5.91 Å². The van der Waals surface area contributed by atoms with E-state index in [9.17, 15) is 22.4 Å². The molecule has 1 aliphatic carbocycles. The molecule has 2 aliphatic rings. The number of anilines is 1. The van der Waals surface area contributed by atoms with Gasteiger partial charge in [-0.05, 0) is 60.8 Å². The number of benzene rings is 1. The second-order valence-corrected chi connectivity index (χ2v) is 14.5. The van der Waals surface area contributed by atoms with E-state index in [2.05, 4.69) is 31.4 Å². The maximum atomic E-state index is 13.8. The number of thiophene rings is 1. The molecule has 2 atom stereocenters. The van der Waals surface area contributed by atoms with E-state index in [0.29, 0.717) is 39.4 Å². The van der Waals surface area contributed by atoms with E-state index in [1.54, 1.807) is 0 Å². The van der Waals surface area contributed by atoms with E-state index in [1.165, 1.54) is 35.8 Å². The molecule has 1 aliphatic heterocycles. The lowest BCUT2D eigenvalue weighted by Crippen LogP contribution is -2.36. The monoisotopic (exact) mass is 546 g/mol. The van der Waals surface area contributed by atoms with Crippen LogP contribution in [0.5, 0.6) is 0 Å². The summed E-state index contributed by atoms with van der Waals surface area (Å²) in [4.78, 5) is 27.6. The van der Waals surface area contributed by atoms with Crippen LogP contribution in [0.2, 0.25) is 0 Å². The van der Waals surface area contributed by atoms with Gasteiger partial charge in [0.15, 0.2) is 9.84 Å². The third kappa shape index (κ3) is 5.45. The Balaban J connectivity index is 1.42. The molecule has 198 valence electrons. The van der Waals surface area contributed by atoms with Crippen LogP contribution in [-0.4, -0.2) is 37.8 Å². The maximum Gasteiger partial charge on any atom is 0.254 e. The fourth-order valence-electron chi connectivity index (χ4n) is 5.35. The molecule has 2 amide bonds. The fraction of sp³-hybridized carbons (Fsp3) is 0.481. The molecule has 2 N–H and O–H groups in total. The van der Waals surface area contributed by atoms with Gasteiger partial charge in [-0.1, -0.05) is 20.8 Å². The van der Waals surface area contributed by atoms with Gasteiger partial charge in [-0.3, -0.25) is 9.59 Å². The highest BCUT2D eigenvalue weighted by Gasteiger charge is 2.36. The topological polar surface area (TPSA) is 105 Å².